The van der Waals surface area contributed by atoms with Gasteiger partial charge in [-0.3, -0.25) is 0 Å². The molecule has 0 saturated carbocycles. The molecule has 1 saturated heterocycles. The third-order valence-corrected chi connectivity index (χ3v) is 6.58. The number of alkyl carbamates (subject to hydrolysis) is 1. The van der Waals surface area contributed by atoms with Crippen molar-refractivity contribution in [3.63, 3.8) is 0 Å². The molecule has 2 bridgehead atoms. The van der Waals surface area contributed by atoms with Gasteiger partial charge in [0.15, 0.2) is 0 Å². The van der Waals surface area contributed by atoms with Crippen LogP contribution in [0.1, 0.15) is 73.6 Å². The number of fused-ring (bicyclic) bond motifs is 2. The maximum Gasteiger partial charge on any atom is 0.407 e. The Bertz CT molecular complexity index is 502. The first kappa shape index (κ1) is 21.3. The number of unbranched alkanes of at least 4 members (excludes halogenated alkanes) is 3. The van der Waals surface area contributed by atoms with E-state index in [1.807, 2.05) is 13.8 Å². The van der Waals surface area contributed by atoms with Gasteiger partial charge < -0.3 is 14.8 Å². The van der Waals surface area contributed by atoms with Gasteiger partial charge in [0.2, 0.25) is 0 Å². The van der Waals surface area contributed by atoms with Crippen LogP contribution < -0.4 is 5.32 Å². The molecule has 2 rings (SSSR count). The predicted octanol–water partition coefficient (Wildman–Crippen LogP) is 5.32. The average molecular weight is 366 g/mol. The number of nitrogens with one attached hydrogen (secondary N) is 1. The van der Waals surface area contributed by atoms with Crippen LogP contribution >= 0.6 is 0 Å². The summed E-state index contributed by atoms with van der Waals surface area (Å²) in [6, 6.07) is 0.0891. The third-order valence-electron chi connectivity index (χ3n) is 6.58. The molecular formula is C22H39NO3. The van der Waals surface area contributed by atoms with Crippen LogP contribution in [0.2, 0.25) is 0 Å². The minimum Gasteiger partial charge on any atom is -0.449 e. The fourth-order valence-electron chi connectivity index (χ4n) is 4.90. The second kappa shape index (κ2) is 9.25. The molecule has 0 aromatic rings. The van der Waals surface area contributed by atoms with Gasteiger partial charge in [-0.05, 0) is 39.0 Å². The third kappa shape index (κ3) is 4.62. The van der Waals surface area contributed by atoms with Crippen molar-refractivity contribution in [3.8, 4) is 0 Å². The van der Waals surface area contributed by atoms with Crippen molar-refractivity contribution in [1.82, 2.24) is 5.32 Å². The summed E-state index contributed by atoms with van der Waals surface area (Å²) in [7, 11) is 0. The van der Waals surface area contributed by atoms with Crippen molar-refractivity contribution in [2.24, 2.45) is 23.2 Å². The van der Waals surface area contributed by atoms with Crippen LogP contribution in [0.3, 0.4) is 0 Å². The molecule has 0 aromatic heterocycles. The van der Waals surface area contributed by atoms with Crippen molar-refractivity contribution in [2.75, 3.05) is 13.2 Å². The van der Waals surface area contributed by atoms with Crippen LogP contribution in [-0.4, -0.2) is 31.5 Å². The van der Waals surface area contributed by atoms with E-state index in [1.54, 1.807) is 0 Å². The van der Waals surface area contributed by atoms with Crippen LogP contribution in [-0.2, 0) is 9.47 Å². The molecule has 1 amide bonds. The van der Waals surface area contributed by atoms with Gasteiger partial charge in [0, 0.05) is 17.4 Å². The minimum atomic E-state index is -0.321. The molecule has 1 aliphatic carbocycles. The number of rotatable bonds is 8. The second-order valence-corrected chi connectivity index (χ2v) is 8.82. The lowest BCUT2D eigenvalue weighted by molar-refractivity contribution is -0.165. The standard InChI is InChI=1S/C22H39NO3/c1-7-8-9-10-11-19-20-16(4)12-17(5)22(13-25-19,18(20)6)14-26-21(24)23-15(2)3/h12,15,17-20H,7-11,13-14H2,1-6H3,(H,23,24)/t17-,18-,19+,20+,22-/m1/s1. The molecule has 2 aliphatic rings. The van der Waals surface area contributed by atoms with E-state index in [0.717, 1.165) is 6.42 Å². The largest absolute Gasteiger partial charge is 0.449 e. The van der Waals surface area contributed by atoms with Crippen molar-refractivity contribution in [3.05, 3.63) is 11.6 Å². The fourth-order valence-corrected chi connectivity index (χ4v) is 4.90. The Balaban J connectivity index is 2.06. The highest BCUT2D eigenvalue weighted by atomic mass is 16.6. The van der Waals surface area contributed by atoms with E-state index in [4.69, 9.17) is 9.47 Å². The van der Waals surface area contributed by atoms with E-state index in [1.165, 1.54) is 31.3 Å². The number of ether oxygens (including phenoxy) is 2. The zero-order valence-electron chi connectivity index (χ0n) is 17.6. The lowest BCUT2D eigenvalue weighted by Crippen LogP contribution is -2.57. The van der Waals surface area contributed by atoms with Gasteiger partial charge in [-0.25, -0.2) is 4.79 Å². The highest BCUT2D eigenvalue weighted by Gasteiger charge is 2.53. The zero-order chi connectivity index (χ0) is 19.3. The highest BCUT2D eigenvalue weighted by Crippen LogP contribution is 2.53. The van der Waals surface area contributed by atoms with E-state index >= 15 is 0 Å². The number of hydrogen-bond donors (Lipinski definition) is 1. The van der Waals surface area contributed by atoms with Gasteiger partial charge in [0.05, 0.1) is 12.7 Å². The van der Waals surface area contributed by atoms with Crippen LogP contribution in [0.25, 0.3) is 0 Å². The van der Waals surface area contributed by atoms with Crippen LogP contribution in [0.4, 0.5) is 4.79 Å². The van der Waals surface area contributed by atoms with Gasteiger partial charge in [-0.2, -0.15) is 0 Å². The fraction of sp³-hybridized carbons (Fsp3) is 0.864. The topological polar surface area (TPSA) is 47.6 Å². The molecule has 1 heterocycles. The van der Waals surface area contributed by atoms with Crippen molar-refractivity contribution < 1.29 is 14.3 Å². The Hall–Kier alpha value is -1.03. The lowest BCUT2D eigenvalue weighted by Gasteiger charge is -2.55. The van der Waals surface area contributed by atoms with Gasteiger partial charge in [-0.1, -0.05) is 58.1 Å². The number of allylic oxidation sites excluding steroid dienone is 1. The van der Waals surface area contributed by atoms with Crippen LogP contribution in [0, 0.1) is 23.2 Å². The molecule has 150 valence electrons. The first-order valence-electron chi connectivity index (χ1n) is 10.5. The van der Waals surface area contributed by atoms with Crippen LogP contribution in [0.15, 0.2) is 11.6 Å². The molecule has 0 radical (unpaired) electrons. The minimum absolute atomic E-state index is 0.0891. The SMILES string of the molecule is CCCCCC[C@@H]1OC[C@@]2(COC(=O)NC(C)C)[C@H](C)C=C(C)[C@H]1[C@H]2C. The molecular weight excluding hydrogens is 326 g/mol. The predicted molar refractivity (Wildman–Crippen MR) is 106 cm³/mol. The Morgan fingerprint density at radius 2 is 2.08 bits per heavy atom. The molecule has 1 fully saturated rings. The lowest BCUT2D eigenvalue weighted by atomic mass is 9.56. The van der Waals surface area contributed by atoms with E-state index in [9.17, 15) is 4.79 Å². The summed E-state index contributed by atoms with van der Waals surface area (Å²) >= 11 is 0. The number of amides is 1. The quantitative estimate of drug-likeness (QED) is 0.467. The van der Waals surface area contributed by atoms with E-state index in [2.05, 4.69) is 39.1 Å². The molecule has 0 unspecified atom stereocenters. The molecule has 0 spiro atoms. The summed E-state index contributed by atoms with van der Waals surface area (Å²) in [6.45, 7) is 14.1. The van der Waals surface area contributed by atoms with Gasteiger partial charge in [0.25, 0.3) is 0 Å². The first-order valence-corrected chi connectivity index (χ1v) is 10.5. The smallest absolute Gasteiger partial charge is 0.407 e. The summed E-state index contributed by atoms with van der Waals surface area (Å²) in [6.07, 6.45) is 8.63. The summed E-state index contributed by atoms with van der Waals surface area (Å²) < 4.78 is 12.0. The molecule has 1 N–H and O–H groups in total. The summed E-state index contributed by atoms with van der Waals surface area (Å²) in [5.41, 5.74) is 1.34. The van der Waals surface area contributed by atoms with Crippen molar-refractivity contribution in [1.29, 1.82) is 0 Å². The Kier molecular flexibility index (Phi) is 7.57. The average Bonchev–Trinajstić information content (AvgIpc) is 2.56. The van der Waals surface area contributed by atoms with Gasteiger partial charge >= 0.3 is 6.09 Å². The molecule has 0 aromatic carbocycles. The maximum absolute atomic E-state index is 12.0. The molecule has 4 heteroatoms. The molecule has 5 atom stereocenters. The highest BCUT2D eigenvalue weighted by molar-refractivity contribution is 5.67. The Morgan fingerprint density at radius 1 is 1.35 bits per heavy atom. The second-order valence-electron chi connectivity index (χ2n) is 8.82. The van der Waals surface area contributed by atoms with Gasteiger partial charge in [-0.15, -0.1) is 0 Å². The van der Waals surface area contributed by atoms with Crippen LogP contribution in [0.5, 0.6) is 0 Å². The first-order chi connectivity index (χ1) is 12.3. The Morgan fingerprint density at radius 3 is 2.73 bits per heavy atom. The Labute approximate surface area is 160 Å². The van der Waals surface area contributed by atoms with Crippen molar-refractivity contribution in [2.45, 2.75) is 85.8 Å². The molecule has 26 heavy (non-hydrogen) atoms. The summed E-state index contributed by atoms with van der Waals surface area (Å²) in [4.78, 5) is 12.0. The molecule has 1 aliphatic heterocycles. The monoisotopic (exact) mass is 365 g/mol. The van der Waals surface area contributed by atoms with E-state index in [-0.39, 0.29) is 17.6 Å². The number of carbonyl (C=O) groups excluding carboxylic acids is 1. The summed E-state index contributed by atoms with van der Waals surface area (Å²) in [5.74, 6) is 1.25. The van der Waals surface area contributed by atoms with Gasteiger partial charge in [0.1, 0.15) is 6.61 Å². The number of hydrogen-bond acceptors (Lipinski definition) is 3. The molecule has 4 nitrogen and oxygen atoms in total. The normalized spacial score (nSPS) is 33.7. The van der Waals surface area contributed by atoms with E-state index in [0.29, 0.717) is 37.1 Å². The summed E-state index contributed by atoms with van der Waals surface area (Å²) in [5, 5.41) is 2.82. The zero-order valence-corrected chi connectivity index (χ0v) is 17.6. The van der Waals surface area contributed by atoms with E-state index < -0.39 is 0 Å². The van der Waals surface area contributed by atoms with Crippen molar-refractivity contribution >= 4 is 6.09 Å². The maximum atomic E-state index is 12.0. The number of carbonyl (C=O) groups is 1.